The molecule has 2 atom stereocenters. The van der Waals surface area contributed by atoms with Crippen LogP contribution in [0.5, 0.6) is 5.75 Å². The lowest BCUT2D eigenvalue weighted by atomic mass is 9.78. The van der Waals surface area contributed by atoms with Gasteiger partial charge in [0.2, 0.25) is 5.91 Å². The molecule has 3 aromatic rings. The summed E-state index contributed by atoms with van der Waals surface area (Å²) in [5.41, 5.74) is 4.13. The number of carbonyl (C=O) groups excluding carboxylic acids is 2. The van der Waals surface area contributed by atoms with Crippen LogP contribution in [0.1, 0.15) is 35.6 Å². The third-order valence-electron chi connectivity index (χ3n) is 6.29. The number of methoxy groups -OCH3 is 2. The Morgan fingerprint density at radius 2 is 1.58 bits per heavy atom. The largest absolute Gasteiger partial charge is 0.497 e. The van der Waals surface area contributed by atoms with Crippen molar-refractivity contribution in [1.29, 1.82) is 0 Å². The fourth-order valence-electron chi connectivity index (χ4n) is 4.48. The molecule has 5 nitrogen and oxygen atoms in total. The number of nitrogens with zero attached hydrogens (tertiary/aromatic N) is 1. The molecule has 0 saturated carbocycles. The van der Waals surface area contributed by atoms with E-state index in [9.17, 15) is 9.59 Å². The monoisotopic (exact) mass is 443 g/mol. The second-order valence-corrected chi connectivity index (χ2v) is 8.33. The normalized spacial score (nSPS) is 17.4. The van der Waals surface area contributed by atoms with Crippen LogP contribution in [0.2, 0.25) is 0 Å². The zero-order valence-electron chi connectivity index (χ0n) is 19.1. The van der Waals surface area contributed by atoms with E-state index in [0.717, 1.165) is 41.8 Å². The van der Waals surface area contributed by atoms with Crippen LogP contribution >= 0.6 is 0 Å². The lowest BCUT2D eigenvalue weighted by Crippen LogP contribution is -2.55. The number of benzene rings is 3. The molecule has 1 fully saturated rings. The van der Waals surface area contributed by atoms with Gasteiger partial charge in [0.15, 0.2) is 0 Å². The number of aryl methyl sites for hydroxylation is 1. The van der Waals surface area contributed by atoms with Crippen LogP contribution in [0.4, 0.5) is 5.69 Å². The Bertz CT molecular complexity index is 1080. The molecule has 33 heavy (non-hydrogen) atoms. The molecule has 0 bridgehead atoms. The van der Waals surface area contributed by atoms with E-state index in [1.54, 1.807) is 7.11 Å². The average molecular weight is 444 g/mol. The SMILES string of the molecule is COC(=O)Cc1ccc(C2[C@H](CCCc3ccccc3)C(=O)N2c2ccc(OC)cc2)cc1. The number of rotatable bonds is 9. The number of amides is 1. The predicted octanol–water partition coefficient (Wildman–Crippen LogP) is 5.14. The first kappa shape index (κ1) is 22.6. The molecule has 1 saturated heterocycles. The highest BCUT2D eigenvalue weighted by molar-refractivity contribution is 6.03. The molecule has 1 unspecified atom stereocenters. The highest BCUT2D eigenvalue weighted by atomic mass is 16.5. The Kier molecular flexibility index (Phi) is 7.08. The summed E-state index contributed by atoms with van der Waals surface area (Å²) in [6.45, 7) is 0. The molecule has 0 aromatic heterocycles. The third-order valence-corrected chi connectivity index (χ3v) is 6.29. The van der Waals surface area contributed by atoms with Crippen molar-refractivity contribution in [2.24, 2.45) is 5.92 Å². The Morgan fingerprint density at radius 1 is 0.879 bits per heavy atom. The minimum atomic E-state index is -0.264. The smallest absolute Gasteiger partial charge is 0.309 e. The molecule has 0 radical (unpaired) electrons. The van der Waals surface area contributed by atoms with Crippen LogP contribution in [0, 0.1) is 5.92 Å². The van der Waals surface area contributed by atoms with Crippen molar-refractivity contribution >= 4 is 17.6 Å². The van der Waals surface area contributed by atoms with E-state index in [4.69, 9.17) is 9.47 Å². The number of esters is 1. The lowest BCUT2D eigenvalue weighted by molar-refractivity contribution is -0.139. The Balaban J connectivity index is 1.53. The van der Waals surface area contributed by atoms with E-state index in [1.807, 2.05) is 71.6 Å². The molecule has 4 rings (SSSR count). The zero-order chi connectivity index (χ0) is 23.2. The molecule has 1 aliphatic rings. The van der Waals surface area contributed by atoms with Gasteiger partial charge in [-0.1, -0.05) is 54.6 Å². The Morgan fingerprint density at radius 3 is 2.21 bits per heavy atom. The summed E-state index contributed by atoms with van der Waals surface area (Å²) in [7, 11) is 3.02. The maximum absolute atomic E-state index is 13.2. The van der Waals surface area contributed by atoms with Gasteiger partial charge in [0.1, 0.15) is 5.75 Å². The molecule has 3 aromatic carbocycles. The van der Waals surface area contributed by atoms with Gasteiger partial charge < -0.3 is 14.4 Å². The summed E-state index contributed by atoms with van der Waals surface area (Å²) in [6, 6.07) is 25.9. The molecule has 170 valence electrons. The minimum Gasteiger partial charge on any atom is -0.497 e. The van der Waals surface area contributed by atoms with Gasteiger partial charge in [-0.15, -0.1) is 0 Å². The molecule has 1 amide bonds. The lowest BCUT2D eigenvalue weighted by Gasteiger charge is -2.48. The van der Waals surface area contributed by atoms with Gasteiger partial charge in [0.25, 0.3) is 0 Å². The fraction of sp³-hybridized carbons (Fsp3) is 0.286. The Labute approximate surface area is 194 Å². The molecular formula is C28H29NO4. The van der Waals surface area contributed by atoms with Gasteiger partial charge in [-0.05, 0) is 60.2 Å². The van der Waals surface area contributed by atoms with Crippen molar-refractivity contribution in [2.45, 2.75) is 31.7 Å². The quantitative estimate of drug-likeness (QED) is 0.340. The predicted molar refractivity (Wildman–Crippen MR) is 128 cm³/mol. The topological polar surface area (TPSA) is 55.8 Å². The van der Waals surface area contributed by atoms with E-state index >= 15 is 0 Å². The summed E-state index contributed by atoms with van der Waals surface area (Å²) in [6.07, 6.45) is 2.98. The van der Waals surface area contributed by atoms with Gasteiger partial charge in [-0.25, -0.2) is 0 Å². The highest BCUT2D eigenvalue weighted by Gasteiger charge is 2.48. The summed E-state index contributed by atoms with van der Waals surface area (Å²) in [4.78, 5) is 26.7. The molecule has 1 heterocycles. The van der Waals surface area contributed by atoms with Crippen molar-refractivity contribution in [1.82, 2.24) is 0 Å². The third kappa shape index (κ3) is 5.08. The summed E-state index contributed by atoms with van der Waals surface area (Å²) in [5, 5.41) is 0. The standard InChI is InChI=1S/C28H29NO4/c1-32-24-17-15-23(16-18-24)29-27(22-13-11-21(12-14-22)19-26(30)33-2)25(28(29)31)10-6-9-20-7-4-3-5-8-20/h3-5,7-8,11-18,25,27H,6,9-10,19H2,1-2H3/t25-,27?/m0/s1. The highest BCUT2D eigenvalue weighted by Crippen LogP contribution is 2.46. The van der Waals surface area contributed by atoms with Crippen LogP contribution in [0.3, 0.4) is 0 Å². The minimum absolute atomic E-state index is 0.0335. The van der Waals surface area contributed by atoms with Crippen LogP contribution in [0.15, 0.2) is 78.9 Å². The van der Waals surface area contributed by atoms with Crippen molar-refractivity contribution in [2.75, 3.05) is 19.1 Å². The van der Waals surface area contributed by atoms with E-state index in [-0.39, 0.29) is 30.3 Å². The van der Waals surface area contributed by atoms with Crippen molar-refractivity contribution < 1.29 is 19.1 Å². The number of β-lactam (4-membered cyclic amide) rings is 1. The summed E-state index contributed by atoms with van der Waals surface area (Å²) in [5.74, 6) is 0.578. The van der Waals surface area contributed by atoms with Crippen molar-refractivity contribution in [3.8, 4) is 5.75 Å². The summed E-state index contributed by atoms with van der Waals surface area (Å²) < 4.78 is 10.0. The molecular weight excluding hydrogens is 414 g/mol. The average Bonchev–Trinajstić information content (AvgIpc) is 2.86. The molecule has 5 heteroatoms. The summed E-state index contributed by atoms with van der Waals surface area (Å²) >= 11 is 0. The maximum atomic E-state index is 13.2. The van der Waals surface area contributed by atoms with E-state index in [1.165, 1.54) is 12.7 Å². The first-order chi connectivity index (χ1) is 16.1. The number of ether oxygens (including phenoxy) is 2. The van der Waals surface area contributed by atoms with Crippen molar-refractivity contribution in [3.63, 3.8) is 0 Å². The van der Waals surface area contributed by atoms with Crippen LogP contribution < -0.4 is 9.64 Å². The second-order valence-electron chi connectivity index (χ2n) is 8.33. The van der Waals surface area contributed by atoms with Gasteiger partial charge in [0, 0.05) is 5.69 Å². The number of carbonyl (C=O) groups is 2. The van der Waals surface area contributed by atoms with E-state index in [2.05, 4.69) is 12.1 Å². The molecule has 0 spiro atoms. The number of anilines is 1. The molecule has 0 N–H and O–H groups in total. The Hall–Kier alpha value is -3.60. The van der Waals surface area contributed by atoms with Gasteiger partial charge >= 0.3 is 5.97 Å². The number of hydrogen-bond donors (Lipinski definition) is 0. The van der Waals surface area contributed by atoms with E-state index in [0.29, 0.717) is 0 Å². The molecule has 1 aliphatic heterocycles. The van der Waals surface area contributed by atoms with Crippen LogP contribution in [-0.2, 0) is 27.2 Å². The first-order valence-corrected chi connectivity index (χ1v) is 11.3. The first-order valence-electron chi connectivity index (χ1n) is 11.3. The van der Waals surface area contributed by atoms with Gasteiger partial charge in [-0.2, -0.15) is 0 Å². The fourth-order valence-corrected chi connectivity index (χ4v) is 4.48. The maximum Gasteiger partial charge on any atom is 0.309 e. The van der Waals surface area contributed by atoms with Gasteiger partial charge in [0.05, 0.1) is 32.6 Å². The van der Waals surface area contributed by atoms with Gasteiger partial charge in [-0.3, -0.25) is 9.59 Å². The van der Waals surface area contributed by atoms with Crippen molar-refractivity contribution in [3.05, 3.63) is 95.6 Å². The van der Waals surface area contributed by atoms with Crippen LogP contribution in [-0.4, -0.2) is 26.1 Å². The molecule has 0 aliphatic carbocycles. The van der Waals surface area contributed by atoms with E-state index < -0.39 is 0 Å². The van der Waals surface area contributed by atoms with Crippen LogP contribution in [0.25, 0.3) is 0 Å². The second kappa shape index (κ2) is 10.3. The number of hydrogen-bond acceptors (Lipinski definition) is 4. The zero-order valence-corrected chi connectivity index (χ0v) is 19.1.